The molecule has 4 rings (SSSR count). The zero-order valence-electron chi connectivity index (χ0n) is 15.7. The van der Waals surface area contributed by atoms with E-state index in [4.69, 9.17) is 4.98 Å². The van der Waals surface area contributed by atoms with Crippen LogP contribution in [-0.4, -0.2) is 54.5 Å². The summed E-state index contributed by atoms with van der Waals surface area (Å²) in [5.74, 6) is 1.42. The summed E-state index contributed by atoms with van der Waals surface area (Å²) in [7, 11) is 2.04. The first-order valence-corrected chi connectivity index (χ1v) is 9.03. The molecule has 0 saturated carbocycles. The van der Waals surface area contributed by atoms with Crippen molar-refractivity contribution in [1.82, 2.24) is 34.3 Å². The third-order valence-corrected chi connectivity index (χ3v) is 4.30. The third kappa shape index (κ3) is 3.67. The average molecular weight is 365 g/mol. The summed E-state index contributed by atoms with van der Waals surface area (Å²) in [6.07, 6.45) is 7.00. The molecule has 9 heteroatoms. The molecule has 0 atom stereocenters. The molecule has 0 amide bonds. The Morgan fingerprint density at radius 2 is 2.07 bits per heavy atom. The van der Waals surface area contributed by atoms with Crippen LogP contribution in [0.25, 0.3) is 16.8 Å². The molecule has 0 unspecified atom stereocenters. The first-order valence-electron chi connectivity index (χ1n) is 9.03. The molecule has 4 aromatic rings. The van der Waals surface area contributed by atoms with Crippen LogP contribution in [0.1, 0.15) is 13.8 Å². The maximum Gasteiger partial charge on any atom is 0.178 e. The maximum absolute atomic E-state index is 4.76. The molecule has 0 aliphatic rings. The molecule has 4 aromatic heterocycles. The van der Waals surface area contributed by atoms with Gasteiger partial charge in [0.1, 0.15) is 17.7 Å². The molecular formula is C18H23N9. The average Bonchev–Trinajstić information content (AvgIpc) is 3.27. The highest BCUT2D eigenvalue weighted by Gasteiger charge is 2.10. The van der Waals surface area contributed by atoms with Crippen molar-refractivity contribution in [3.63, 3.8) is 0 Å². The Kier molecular flexibility index (Phi) is 4.57. The van der Waals surface area contributed by atoms with Crippen LogP contribution in [0.5, 0.6) is 0 Å². The van der Waals surface area contributed by atoms with Gasteiger partial charge in [0.2, 0.25) is 0 Å². The molecular weight excluding hydrogens is 342 g/mol. The molecule has 0 aromatic carbocycles. The number of pyridine rings is 1. The van der Waals surface area contributed by atoms with Crippen molar-refractivity contribution in [2.45, 2.75) is 20.4 Å². The van der Waals surface area contributed by atoms with Gasteiger partial charge in [0.15, 0.2) is 11.3 Å². The number of hydrogen-bond donors (Lipinski definition) is 1. The summed E-state index contributed by atoms with van der Waals surface area (Å²) in [4.78, 5) is 15.6. The van der Waals surface area contributed by atoms with Gasteiger partial charge >= 0.3 is 0 Å². The number of nitrogens with one attached hydrogen (secondary N) is 1. The molecule has 0 bridgehead atoms. The highest BCUT2D eigenvalue weighted by atomic mass is 15.3. The maximum atomic E-state index is 4.76. The van der Waals surface area contributed by atoms with Crippen molar-refractivity contribution >= 4 is 28.3 Å². The standard InChI is InChI=1S/C18H23N9/c1-13(2)11-25(3)17-10-20-15-9-22-27(18(15)24-17)7-5-19-14-4-6-26-16(8-14)21-12-23-26/h4,6,8-10,12-13,19H,5,7,11H2,1-3H3. The summed E-state index contributed by atoms with van der Waals surface area (Å²) >= 11 is 0. The highest BCUT2D eigenvalue weighted by molar-refractivity contribution is 5.71. The molecule has 27 heavy (non-hydrogen) atoms. The Labute approximate surface area is 157 Å². The van der Waals surface area contributed by atoms with Crippen LogP contribution < -0.4 is 10.2 Å². The molecule has 140 valence electrons. The Morgan fingerprint density at radius 1 is 1.19 bits per heavy atom. The SMILES string of the molecule is CC(C)CN(C)c1cnc2cnn(CCNc3ccn4ncnc4c3)c2n1. The predicted molar refractivity (Wildman–Crippen MR) is 105 cm³/mol. The van der Waals surface area contributed by atoms with E-state index in [1.165, 1.54) is 0 Å². The van der Waals surface area contributed by atoms with E-state index in [1.54, 1.807) is 17.0 Å². The van der Waals surface area contributed by atoms with E-state index < -0.39 is 0 Å². The second-order valence-electron chi connectivity index (χ2n) is 6.98. The minimum Gasteiger partial charge on any atom is -0.383 e. The van der Waals surface area contributed by atoms with Crippen LogP contribution in [0.15, 0.2) is 37.1 Å². The Balaban J connectivity index is 1.46. The number of aromatic nitrogens is 7. The van der Waals surface area contributed by atoms with Gasteiger partial charge in [-0.2, -0.15) is 10.2 Å². The smallest absolute Gasteiger partial charge is 0.178 e. The molecule has 4 heterocycles. The fourth-order valence-electron chi connectivity index (χ4n) is 3.06. The van der Waals surface area contributed by atoms with E-state index in [-0.39, 0.29) is 0 Å². The third-order valence-electron chi connectivity index (χ3n) is 4.30. The van der Waals surface area contributed by atoms with Crippen molar-refractivity contribution in [1.29, 1.82) is 0 Å². The quantitative estimate of drug-likeness (QED) is 0.536. The zero-order chi connectivity index (χ0) is 18.8. The van der Waals surface area contributed by atoms with Crippen LogP contribution >= 0.6 is 0 Å². The molecule has 0 aliphatic carbocycles. The molecule has 0 saturated heterocycles. The molecule has 0 aliphatic heterocycles. The van der Waals surface area contributed by atoms with Gasteiger partial charge in [-0.1, -0.05) is 13.8 Å². The highest BCUT2D eigenvalue weighted by Crippen LogP contribution is 2.15. The summed E-state index contributed by atoms with van der Waals surface area (Å²) in [5.41, 5.74) is 3.42. The van der Waals surface area contributed by atoms with E-state index in [0.29, 0.717) is 12.5 Å². The lowest BCUT2D eigenvalue weighted by atomic mass is 10.2. The van der Waals surface area contributed by atoms with Crippen LogP contribution in [0.3, 0.4) is 0 Å². The van der Waals surface area contributed by atoms with Crippen molar-refractivity contribution < 1.29 is 0 Å². The van der Waals surface area contributed by atoms with E-state index in [1.807, 2.05) is 36.3 Å². The number of hydrogen-bond acceptors (Lipinski definition) is 7. The number of fused-ring (bicyclic) bond motifs is 2. The van der Waals surface area contributed by atoms with Crippen LogP contribution in [-0.2, 0) is 6.54 Å². The summed E-state index contributed by atoms with van der Waals surface area (Å²) in [6, 6.07) is 3.94. The van der Waals surface area contributed by atoms with Gasteiger partial charge in [0.05, 0.1) is 18.9 Å². The van der Waals surface area contributed by atoms with Crippen molar-refractivity contribution in [3.8, 4) is 0 Å². The number of nitrogens with zero attached hydrogens (tertiary/aromatic N) is 8. The second-order valence-corrected chi connectivity index (χ2v) is 6.98. The summed E-state index contributed by atoms with van der Waals surface area (Å²) < 4.78 is 3.62. The van der Waals surface area contributed by atoms with Gasteiger partial charge < -0.3 is 10.2 Å². The first kappa shape index (κ1) is 17.2. The number of rotatable bonds is 7. The lowest BCUT2D eigenvalue weighted by molar-refractivity contribution is 0.631. The summed E-state index contributed by atoms with van der Waals surface area (Å²) in [6.45, 7) is 6.72. The van der Waals surface area contributed by atoms with E-state index in [2.05, 4.69) is 44.2 Å². The molecule has 9 nitrogen and oxygen atoms in total. The predicted octanol–water partition coefficient (Wildman–Crippen LogP) is 2.07. The normalized spacial score (nSPS) is 11.6. The van der Waals surface area contributed by atoms with Crippen molar-refractivity contribution in [3.05, 3.63) is 37.1 Å². The van der Waals surface area contributed by atoms with E-state index >= 15 is 0 Å². The van der Waals surface area contributed by atoms with Gasteiger partial charge in [0, 0.05) is 38.1 Å². The van der Waals surface area contributed by atoms with Crippen LogP contribution in [0.2, 0.25) is 0 Å². The Morgan fingerprint density at radius 3 is 2.93 bits per heavy atom. The van der Waals surface area contributed by atoms with E-state index in [9.17, 15) is 0 Å². The van der Waals surface area contributed by atoms with Gasteiger partial charge in [-0.3, -0.25) is 0 Å². The number of anilines is 2. The fourth-order valence-corrected chi connectivity index (χ4v) is 3.06. The van der Waals surface area contributed by atoms with Crippen LogP contribution in [0, 0.1) is 5.92 Å². The van der Waals surface area contributed by atoms with Crippen molar-refractivity contribution in [2.75, 3.05) is 30.4 Å². The molecule has 0 fully saturated rings. The lowest BCUT2D eigenvalue weighted by Crippen LogP contribution is -2.23. The largest absolute Gasteiger partial charge is 0.383 e. The van der Waals surface area contributed by atoms with Crippen LogP contribution in [0.4, 0.5) is 11.5 Å². The van der Waals surface area contributed by atoms with Gasteiger partial charge in [0.25, 0.3) is 0 Å². The van der Waals surface area contributed by atoms with Crippen molar-refractivity contribution in [2.24, 2.45) is 5.92 Å². The van der Waals surface area contributed by atoms with E-state index in [0.717, 1.165) is 41.4 Å². The first-order chi connectivity index (χ1) is 13.1. The fraction of sp³-hybridized carbons (Fsp3) is 0.389. The topological polar surface area (TPSA) is 89.1 Å². The lowest BCUT2D eigenvalue weighted by Gasteiger charge is -2.19. The molecule has 0 spiro atoms. The second kappa shape index (κ2) is 7.18. The van der Waals surface area contributed by atoms with Gasteiger partial charge in [-0.25, -0.2) is 24.1 Å². The Bertz CT molecular complexity index is 1050. The van der Waals surface area contributed by atoms with Gasteiger partial charge in [-0.15, -0.1) is 0 Å². The van der Waals surface area contributed by atoms with Gasteiger partial charge in [-0.05, 0) is 12.0 Å². The minimum absolute atomic E-state index is 0.559. The minimum atomic E-state index is 0.559. The summed E-state index contributed by atoms with van der Waals surface area (Å²) in [5, 5.41) is 11.9. The molecule has 1 N–H and O–H groups in total. The molecule has 0 radical (unpaired) electrons. The Hall–Kier alpha value is -3.23. The zero-order valence-corrected chi connectivity index (χ0v) is 15.7. The monoisotopic (exact) mass is 365 g/mol.